The van der Waals surface area contributed by atoms with Crippen molar-refractivity contribution >= 4 is 27.7 Å². The van der Waals surface area contributed by atoms with Crippen molar-refractivity contribution in [2.45, 2.75) is 13.8 Å². The Labute approximate surface area is 113 Å². The maximum Gasteiger partial charge on any atom is 0.258 e. The number of pyridine rings is 1. The van der Waals surface area contributed by atoms with Crippen LogP contribution in [0, 0.1) is 13.8 Å². The van der Waals surface area contributed by atoms with Crippen LogP contribution < -0.4 is 5.32 Å². The minimum atomic E-state index is -0.236. The van der Waals surface area contributed by atoms with E-state index in [1.54, 1.807) is 32.2 Å². The van der Waals surface area contributed by atoms with Crippen molar-refractivity contribution in [2.75, 3.05) is 5.32 Å². The lowest BCUT2D eigenvalue weighted by molar-refractivity contribution is 0.102. The van der Waals surface area contributed by atoms with Gasteiger partial charge in [0.15, 0.2) is 0 Å². The molecule has 0 radical (unpaired) electrons. The minimum absolute atomic E-state index is 0.236. The Balaban J connectivity index is 2.21. The molecular weight excluding hydrogens is 296 g/mol. The van der Waals surface area contributed by atoms with Crippen LogP contribution in [0.15, 0.2) is 28.9 Å². The van der Waals surface area contributed by atoms with E-state index in [-0.39, 0.29) is 5.91 Å². The Hall–Kier alpha value is -1.82. The van der Waals surface area contributed by atoms with E-state index in [0.717, 1.165) is 4.47 Å². The van der Waals surface area contributed by atoms with E-state index in [9.17, 15) is 4.79 Å². The Morgan fingerprint density at radius 3 is 2.72 bits per heavy atom. The van der Waals surface area contributed by atoms with Crippen molar-refractivity contribution in [2.24, 2.45) is 0 Å². The topological polar surface area (TPSA) is 67.8 Å². The molecule has 0 bridgehead atoms. The zero-order valence-corrected chi connectivity index (χ0v) is 11.5. The third kappa shape index (κ3) is 2.89. The average molecular weight is 307 g/mol. The summed E-state index contributed by atoms with van der Waals surface area (Å²) in [5.74, 6) is 0.261. The molecule has 0 aromatic carbocycles. The van der Waals surface area contributed by atoms with Gasteiger partial charge in [-0.25, -0.2) is 4.98 Å². The summed E-state index contributed by atoms with van der Waals surface area (Å²) in [7, 11) is 0. The van der Waals surface area contributed by atoms with Crippen molar-refractivity contribution in [3.05, 3.63) is 45.8 Å². The summed E-state index contributed by atoms with van der Waals surface area (Å²) in [6.07, 6.45) is 1.62. The molecule has 2 aromatic rings. The zero-order chi connectivity index (χ0) is 13.1. The van der Waals surface area contributed by atoms with Gasteiger partial charge >= 0.3 is 0 Å². The lowest BCUT2D eigenvalue weighted by Crippen LogP contribution is -2.15. The molecular formula is C12H11BrN4O. The van der Waals surface area contributed by atoms with Crippen molar-refractivity contribution in [3.63, 3.8) is 0 Å². The first kappa shape index (κ1) is 12.6. The molecule has 1 amide bonds. The number of halogens is 1. The van der Waals surface area contributed by atoms with E-state index in [1.165, 1.54) is 0 Å². The van der Waals surface area contributed by atoms with E-state index >= 15 is 0 Å². The van der Waals surface area contributed by atoms with Gasteiger partial charge in [0.2, 0.25) is 0 Å². The zero-order valence-electron chi connectivity index (χ0n) is 9.94. The van der Waals surface area contributed by atoms with Gasteiger partial charge in [-0.3, -0.25) is 4.79 Å². The van der Waals surface area contributed by atoms with Gasteiger partial charge in [0, 0.05) is 10.7 Å². The molecule has 6 heteroatoms. The van der Waals surface area contributed by atoms with E-state index in [2.05, 4.69) is 36.4 Å². The summed E-state index contributed by atoms with van der Waals surface area (Å²) in [6.45, 7) is 3.54. The first-order chi connectivity index (χ1) is 8.56. The van der Waals surface area contributed by atoms with Crippen LogP contribution in [0.4, 0.5) is 5.82 Å². The van der Waals surface area contributed by atoms with Gasteiger partial charge in [0.25, 0.3) is 5.91 Å². The Morgan fingerprint density at radius 1 is 1.28 bits per heavy atom. The molecule has 0 aliphatic heterocycles. The van der Waals surface area contributed by atoms with Gasteiger partial charge in [0.05, 0.1) is 17.0 Å². The van der Waals surface area contributed by atoms with Crippen LogP contribution >= 0.6 is 15.9 Å². The highest BCUT2D eigenvalue weighted by Gasteiger charge is 2.11. The SMILES string of the molecule is Cc1cc(C(=O)Nc2ccc(Br)cn2)c(C)nn1. The number of anilines is 1. The van der Waals surface area contributed by atoms with Crippen molar-refractivity contribution in [3.8, 4) is 0 Å². The van der Waals surface area contributed by atoms with Crippen molar-refractivity contribution < 1.29 is 4.79 Å². The van der Waals surface area contributed by atoms with Gasteiger partial charge in [0.1, 0.15) is 5.82 Å². The third-order valence-electron chi connectivity index (χ3n) is 2.31. The molecule has 0 saturated heterocycles. The van der Waals surface area contributed by atoms with E-state index in [0.29, 0.717) is 22.8 Å². The fourth-order valence-electron chi connectivity index (χ4n) is 1.41. The second kappa shape index (κ2) is 5.22. The summed E-state index contributed by atoms with van der Waals surface area (Å²) in [5.41, 5.74) is 1.80. The summed E-state index contributed by atoms with van der Waals surface area (Å²) in [4.78, 5) is 16.1. The summed E-state index contributed by atoms with van der Waals surface area (Å²) < 4.78 is 0.859. The smallest absolute Gasteiger partial charge is 0.258 e. The monoisotopic (exact) mass is 306 g/mol. The molecule has 0 saturated carbocycles. The second-order valence-corrected chi connectivity index (χ2v) is 4.72. The molecule has 5 nitrogen and oxygen atoms in total. The summed E-state index contributed by atoms with van der Waals surface area (Å²) in [6, 6.07) is 5.24. The minimum Gasteiger partial charge on any atom is -0.307 e. The number of carbonyl (C=O) groups is 1. The van der Waals surface area contributed by atoms with Gasteiger partial charge in [-0.15, -0.1) is 0 Å². The highest BCUT2D eigenvalue weighted by atomic mass is 79.9. The van der Waals surface area contributed by atoms with E-state index in [4.69, 9.17) is 0 Å². The highest BCUT2D eigenvalue weighted by molar-refractivity contribution is 9.10. The van der Waals surface area contributed by atoms with Gasteiger partial charge in [-0.2, -0.15) is 10.2 Å². The largest absolute Gasteiger partial charge is 0.307 e. The molecule has 0 fully saturated rings. The molecule has 0 unspecified atom stereocenters. The lowest BCUT2D eigenvalue weighted by atomic mass is 10.2. The molecule has 92 valence electrons. The van der Waals surface area contributed by atoms with Gasteiger partial charge in [-0.05, 0) is 48.0 Å². The standard InChI is InChI=1S/C12H11BrN4O/c1-7-5-10(8(2)17-16-7)12(18)15-11-4-3-9(13)6-14-11/h3-6H,1-2H3,(H,14,15,18). The molecule has 2 heterocycles. The van der Waals surface area contributed by atoms with Crippen molar-refractivity contribution in [1.82, 2.24) is 15.2 Å². The molecule has 18 heavy (non-hydrogen) atoms. The maximum absolute atomic E-state index is 12.0. The van der Waals surface area contributed by atoms with Crippen LogP contribution in [0.5, 0.6) is 0 Å². The van der Waals surface area contributed by atoms with Crippen LogP contribution in [0.3, 0.4) is 0 Å². The number of aryl methyl sites for hydroxylation is 2. The molecule has 2 aromatic heterocycles. The predicted molar refractivity (Wildman–Crippen MR) is 71.4 cm³/mol. The van der Waals surface area contributed by atoms with Crippen LogP contribution in [0.25, 0.3) is 0 Å². The number of hydrogen-bond donors (Lipinski definition) is 1. The fourth-order valence-corrected chi connectivity index (χ4v) is 1.65. The molecule has 0 atom stereocenters. The van der Waals surface area contributed by atoms with Crippen molar-refractivity contribution in [1.29, 1.82) is 0 Å². The normalized spacial score (nSPS) is 10.2. The number of carbonyl (C=O) groups excluding carboxylic acids is 1. The molecule has 0 aliphatic carbocycles. The number of nitrogens with one attached hydrogen (secondary N) is 1. The first-order valence-corrected chi connectivity index (χ1v) is 6.09. The third-order valence-corrected chi connectivity index (χ3v) is 2.78. The highest BCUT2D eigenvalue weighted by Crippen LogP contribution is 2.12. The molecule has 0 aliphatic rings. The van der Waals surface area contributed by atoms with Crippen LogP contribution in [0.2, 0.25) is 0 Å². The summed E-state index contributed by atoms with van der Waals surface area (Å²) in [5, 5.41) is 10.5. The molecule has 1 N–H and O–H groups in total. The second-order valence-electron chi connectivity index (χ2n) is 3.80. The number of aromatic nitrogens is 3. The molecule has 2 rings (SSSR count). The number of amides is 1. The van der Waals surface area contributed by atoms with Gasteiger partial charge in [-0.1, -0.05) is 0 Å². The number of hydrogen-bond acceptors (Lipinski definition) is 4. The number of nitrogens with zero attached hydrogens (tertiary/aromatic N) is 3. The maximum atomic E-state index is 12.0. The van der Waals surface area contributed by atoms with Crippen LogP contribution in [-0.2, 0) is 0 Å². The molecule has 0 spiro atoms. The Morgan fingerprint density at radius 2 is 2.06 bits per heavy atom. The first-order valence-electron chi connectivity index (χ1n) is 5.30. The van der Waals surface area contributed by atoms with Gasteiger partial charge < -0.3 is 5.32 Å². The predicted octanol–water partition coefficient (Wildman–Crippen LogP) is 2.50. The lowest BCUT2D eigenvalue weighted by Gasteiger charge is -2.06. The summed E-state index contributed by atoms with van der Waals surface area (Å²) >= 11 is 3.28. The van der Waals surface area contributed by atoms with Crippen LogP contribution in [-0.4, -0.2) is 21.1 Å². The fraction of sp³-hybridized carbons (Fsp3) is 0.167. The number of rotatable bonds is 2. The Bertz CT molecular complexity index is 583. The Kier molecular flexibility index (Phi) is 3.66. The average Bonchev–Trinajstić information content (AvgIpc) is 2.35. The van der Waals surface area contributed by atoms with E-state index < -0.39 is 0 Å². The van der Waals surface area contributed by atoms with E-state index in [1.807, 2.05) is 6.07 Å². The van der Waals surface area contributed by atoms with Crippen LogP contribution in [0.1, 0.15) is 21.7 Å². The quantitative estimate of drug-likeness (QED) is 0.925.